The number of hydrogen-bond acceptors (Lipinski definition) is 8. The van der Waals surface area contributed by atoms with Gasteiger partial charge in [0.15, 0.2) is 0 Å². The second-order valence-corrected chi connectivity index (χ2v) is 9.09. The van der Waals surface area contributed by atoms with Crippen LogP contribution in [0.25, 0.3) is 0 Å². The number of carboxylic acid groups (broad SMARTS) is 1. The van der Waals surface area contributed by atoms with Crippen LogP contribution in [0.5, 0.6) is 5.75 Å². The standard InChI is InChI=1S/C20H22N4O5.C2HF3O2/c25-15-5-4-13(17(26)22-15)24-18(27)12-2-1-3-14(16(12)19(24)28)29-7-6-23-10-20(11-23)8-21-9-20;3-2(4,5)1(6)7/h1-3,13,21H,4-11H2,(H,22,25,26);(H,6,7). The number of aliphatic carboxylic acids is 1. The van der Waals surface area contributed by atoms with Crippen LogP contribution in [0, 0.1) is 5.41 Å². The van der Waals surface area contributed by atoms with E-state index in [2.05, 4.69) is 15.5 Å². The molecule has 3 saturated heterocycles. The molecule has 0 bridgehead atoms. The second-order valence-electron chi connectivity index (χ2n) is 9.09. The zero-order chi connectivity index (χ0) is 26.3. The molecular weight excluding hydrogens is 489 g/mol. The van der Waals surface area contributed by atoms with E-state index in [4.69, 9.17) is 14.6 Å². The van der Waals surface area contributed by atoms with Gasteiger partial charge in [0.25, 0.3) is 11.8 Å². The number of halogens is 3. The number of nitrogens with zero attached hydrogens (tertiary/aromatic N) is 2. The van der Waals surface area contributed by atoms with Gasteiger partial charge in [0, 0.05) is 44.6 Å². The topological polar surface area (TPSA) is 145 Å². The summed E-state index contributed by atoms with van der Waals surface area (Å²) in [6.45, 7) is 5.42. The highest BCUT2D eigenvalue weighted by Crippen LogP contribution is 2.35. The molecule has 4 amide bonds. The van der Waals surface area contributed by atoms with Crippen molar-refractivity contribution < 1.29 is 47.0 Å². The van der Waals surface area contributed by atoms with E-state index >= 15 is 0 Å². The molecule has 0 aromatic heterocycles. The molecular formula is C22H23F3N4O7. The van der Waals surface area contributed by atoms with E-state index in [0.717, 1.165) is 37.6 Å². The molecule has 0 aliphatic carbocycles. The number of benzene rings is 1. The highest BCUT2D eigenvalue weighted by Gasteiger charge is 2.48. The lowest BCUT2D eigenvalue weighted by atomic mass is 9.74. The van der Waals surface area contributed by atoms with Crippen LogP contribution < -0.4 is 15.4 Å². The molecule has 14 heteroatoms. The number of hydrogen-bond donors (Lipinski definition) is 3. The summed E-state index contributed by atoms with van der Waals surface area (Å²) in [6.07, 6.45) is -4.85. The molecule has 5 rings (SSSR count). The summed E-state index contributed by atoms with van der Waals surface area (Å²) in [5.41, 5.74) is 0.880. The number of carboxylic acids is 1. The largest absolute Gasteiger partial charge is 0.491 e. The number of nitrogens with one attached hydrogen (secondary N) is 2. The van der Waals surface area contributed by atoms with Crippen molar-refractivity contribution in [3.63, 3.8) is 0 Å². The van der Waals surface area contributed by atoms with Gasteiger partial charge in [-0.15, -0.1) is 0 Å². The monoisotopic (exact) mass is 512 g/mol. The number of ether oxygens (including phenoxy) is 1. The first-order valence-corrected chi connectivity index (χ1v) is 11.1. The summed E-state index contributed by atoms with van der Waals surface area (Å²) in [5.74, 6) is -4.47. The second kappa shape index (κ2) is 9.50. The zero-order valence-corrected chi connectivity index (χ0v) is 18.9. The Kier molecular flexibility index (Phi) is 6.75. The van der Waals surface area contributed by atoms with Crippen molar-refractivity contribution in [2.45, 2.75) is 25.1 Å². The third kappa shape index (κ3) is 4.91. The van der Waals surface area contributed by atoms with Crippen LogP contribution in [-0.2, 0) is 14.4 Å². The summed E-state index contributed by atoms with van der Waals surface area (Å²) in [6, 6.07) is 3.94. The van der Waals surface area contributed by atoms with Crippen molar-refractivity contribution in [1.29, 1.82) is 0 Å². The Labute approximate surface area is 202 Å². The fourth-order valence-electron chi connectivity index (χ4n) is 4.65. The molecule has 1 aromatic rings. The number of carbonyl (C=O) groups excluding carboxylic acids is 4. The molecule has 4 heterocycles. The van der Waals surface area contributed by atoms with E-state index in [9.17, 15) is 32.3 Å². The van der Waals surface area contributed by atoms with E-state index < -0.39 is 41.8 Å². The smallest absolute Gasteiger partial charge is 0.490 e. The molecule has 36 heavy (non-hydrogen) atoms. The van der Waals surface area contributed by atoms with Gasteiger partial charge in [-0.3, -0.25) is 34.3 Å². The lowest BCUT2D eigenvalue weighted by Gasteiger charge is -2.56. The summed E-state index contributed by atoms with van der Waals surface area (Å²) >= 11 is 0. The third-order valence-electron chi connectivity index (χ3n) is 6.46. The van der Waals surface area contributed by atoms with Crippen LogP contribution in [0.2, 0.25) is 0 Å². The molecule has 1 unspecified atom stereocenters. The fraction of sp³-hybridized carbons (Fsp3) is 0.500. The first kappa shape index (κ1) is 25.6. The predicted octanol–water partition coefficient (Wildman–Crippen LogP) is 0.00510. The maximum Gasteiger partial charge on any atom is 0.490 e. The Balaban J connectivity index is 0.000000384. The number of imide groups is 2. The number of rotatable bonds is 5. The summed E-state index contributed by atoms with van der Waals surface area (Å²) in [4.78, 5) is 61.5. The minimum Gasteiger partial charge on any atom is -0.491 e. The van der Waals surface area contributed by atoms with Gasteiger partial charge in [-0.2, -0.15) is 13.2 Å². The minimum absolute atomic E-state index is 0.0972. The molecule has 4 aliphatic rings. The molecule has 0 saturated carbocycles. The van der Waals surface area contributed by atoms with Gasteiger partial charge < -0.3 is 15.2 Å². The predicted molar refractivity (Wildman–Crippen MR) is 114 cm³/mol. The Bertz CT molecular complexity index is 1110. The van der Waals surface area contributed by atoms with Crippen molar-refractivity contribution in [2.75, 3.05) is 39.3 Å². The van der Waals surface area contributed by atoms with Gasteiger partial charge in [-0.05, 0) is 18.6 Å². The van der Waals surface area contributed by atoms with Gasteiger partial charge in [0.05, 0.1) is 11.1 Å². The van der Waals surface area contributed by atoms with Gasteiger partial charge in [-0.25, -0.2) is 4.79 Å². The van der Waals surface area contributed by atoms with Crippen molar-refractivity contribution >= 4 is 29.6 Å². The van der Waals surface area contributed by atoms with Crippen molar-refractivity contribution in [2.24, 2.45) is 5.41 Å². The highest BCUT2D eigenvalue weighted by molar-refractivity contribution is 6.24. The van der Waals surface area contributed by atoms with Crippen LogP contribution in [0.15, 0.2) is 18.2 Å². The summed E-state index contributed by atoms with van der Waals surface area (Å²) in [5, 5.41) is 12.6. The maximum atomic E-state index is 13.0. The average molecular weight is 512 g/mol. The number of carbonyl (C=O) groups is 5. The molecule has 3 N–H and O–H groups in total. The molecule has 1 atom stereocenters. The minimum atomic E-state index is -5.08. The summed E-state index contributed by atoms with van der Waals surface area (Å²) < 4.78 is 37.6. The normalized spacial score (nSPS) is 22.8. The zero-order valence-electron chi connectivity index (χ0n) is 18.9. The van der Waals surface area contributed by atoms with Gasteiger partial charge >= 0.3 is 12.1 Å². The average Bonchev–Trinajstić information content (AvgIpc) is 2.99. The lowest BCUT2D eigenvalue weighted by molar-refractivity contribution is -0.192. The Morgan fingerprint density at radius 1 is 1.14 bits per heavy atom. The Hall–Kier alpha value is -3.52. The highest BCUT2D eigenvalue weighted by atomic mass is 19.4. The number of fused-ring (bicyclic) bond motifs is 1. The lowest BCUT2D eigenvalue weighted by Crippen LogP contribution is -2.71. The fourth-order valence-corrected chi connectivity index (χ4v) is 4.65. The quantitative estimate of drug-likeness (QED) is 0.465. The van der Waals surface area contributed by atoms with E-state index in [1.807, 2.05) is 0 Å². The third-order valence-corrected chi connectivity index (χ3v) is 6.46. The number of likely N-dealkylation sites (tertiary alicyclic amines) is 1. The molecule has 0 radical (unpaired) electrons. The van der Waals surface area contributed by atoms with Gasteiger partial charge in [-0.1, -0.05) is 6.07 Å². The Morgan fingerprint density at radius 3 is 2.36 bits per heavy atom. The first-order chi connectivity index (χ1) is 16.9. The van der Waals surface area contributed by atoms with Crippen molar-refractivity contribution in [3.8, 4) is 5.75 Å². The van der Waals surface area contributed by atoms with E-state index in [-0.39, 0.29) is 24.0 Å². The number of amides is 4. The van der Waals surface area contributed by atoms with Crippen molar-refractivity contribution in [3.05, 3.63) is 29.3 Å². The molecule has 1 aromatic carbocycles. The van der Waals surface area contributed by atoms with Crippen LogP contribution in [0.1, 0.15) is 33.6 Å². The maximum absolute atomic E-state index is 13.0. The SMILES string of the molecule is O=C(O)C(F)(F)F.O=C1CCC(N2C(=O)c3cccc(OCCN4CC5(CNC5)C4)c3C2=O)C(=O)N1. The Morgan fingerprint density at radius 2 is 1.81 bits per heavy atom. The van der Waals surface area contributed by atoms with Crippen LogP contribution in [-0.4, -0.2) is 96.1 Å². The molecule has 1 spiro atoms. The summed E-state index contributed by atoms with van der Waals surface area (Å²) in [7, 11) is 0. The van der Waals surface area contributed by atoms with Crippen LogP contribution in [0.4, 0.5) is 13.2 Å². The van der Waals surface area contributed by atoms with Crippen LogP contribution >= 0.6 is 0 Å². The number of alkyl halides is 3. The number of piperidine rings is 1. The van der Waals surface area contributed by atoms with E-state index in [1.165, 1.54) is 0 Å². The molecule has 194 valence electrons. The van der Waals surface area contributed by atoms with Crippen LogP contribution in [0.3, 0.4) is 0 Å². The van der Waals surface area contributed by atoms with E-state index in [0.29, 0.717) is 17.8 Å². The first-order valence-electron chi connectivity index (χ1n) is 11.1. The van der Waals surface area contributed by atoms with Gasteiger partial charge in [0.1, 0.15) is 18.4 Å². The molecule has 11 nitrogen and oxygen atoms in total. The molecule has 3 fully saturated rings. The molecule has 4 aliphatic heterocycles. The van der Waals surface area contributed by atoms with Gasteiger partial charge in [0.2, 0.25) is 11.8 Å². The van der Waals surface area contributed by atoms with Crippen molar-refractivity contribution in [1.82, 2.24) is 20.4 Å². The van der Waals surface area contributed by atoms with E-state index in [1.54, 1.807) is 18.2 Å².